The zero-order valence-corrected chi connectivity index (χ0v) is 18.4. The standard InChI is InChI=1S/C24H33FN4O/c1-18(2)14-29-22(12-19-4-6-20(25)7-5-19)13-24(23(29)30)8-10-28(11-9-24)16-21-15-27(3)17-26-21/h4-7,15,17-18,22H,8-14,16H2,1-3H3. The van der Waals surface area contributed by atoms with E-state index in [9.17, 15) is 9.18 Å². The van der Waals surface area contributed by atoms with Crippen molar-refractivity contribution in [3.05, 3.63) is 53.9 Å². The SMILES string of the molecule is CC(C)CN1C(=O)C2(CCN(Cc3cn(C)cn3)CC2)CC1Cc1ccc(F)cc1. The molecular formula is C24H33FN4O. The number of carbonyl (C=O) groups is 1. The predicted molar refractivity (Wildman–Crippen MR) is 115 cm³/mol. The lowest BCUT2D eigenvalue weighted by molar-refractivity contribution is -0.139. The Morgan fingerprint density at radius 2 is 1.90 bits per heavy atom. The van der Waals surface area contributed by atoms with Crippen LogP contribution in [0.1, 0.15) is 44.4 Å². The summed E-state index contributed by atoms with van der Waals surface area (Å²) in [7, 11) is 1.99. The van der Waals surface area contributed by atoms with Crippen molar-refractivity contribution in [3.63, 3.8) is 0 Å². The second kappa shape index (κ2) is 8.50. The number of imidazole rings is 1. The second-order valence-electron chi connectivity index (χ2n) is 9.63. The summed E-state index contributed by atoms with van der Waals surface area (Å²) in [5, 5.41) is 0. The molecule has 5 nitrogen and oxygen atoms in total. The molecule has 1 unspecified atom stereocenters. The van der Waals surface area contributed by atoms with Gasteiger partial charge in [0.1, 0.15) is 5.82 Å². The van der Waals surface area contributed by atoms with E-state index in [4.69, 9.17) is 0 Å². The third-order valence-corrected chi connectivity index (χ3v) is 6.69. The van der Waals surface area contributed by atoms with Gasteiger partial charge in [-0.05, 0) is 62.4 Å². The van der Waals surface area contributed by atoms with Crippen LogP contribution in [0.3, 0.4) is 0 Å². The normalized spacial score (nSPS) is 21.8. The molecule has 30 heavy (non-hydrogen) atoms. The molecule has 0 bridgehead atoms. The van der Waals surface area contributed by atoms with E-state index in [2.05, 4.69) is 34.8 Å². The summed E-state index contributed by atoms with van der Waals surface area (Å²) < 4.78 is 15.3. The van der Waals surface area contributed by atoms with E-state index in [-0.39, 0.29) is 17.3 Å². The number of piperidine rings is 1. The summed E-state index contributed by atoms with van der Waals surface area (Å²) in [6.45, 7) is 7.84. The fourth-order valence-electron chi connectivity index (χ4n) is 5.15. The molecule has 6 heteroatoms. The average Bonchev–Trinajstić information content (AvgIpc) is 3.22. The van der Waals surface area contributed by atoms with Gasteiger partial charge in [0.05, 0.1) is 17.4 Å². The van der Waals surface area contributed by atoms with Crippen molar-refractivity contribution in [1.82, 2.24) is 19.4 Å². The fraction of sp³-hybridized carbons (Fsp3) is 0.583. The molecule has 2 saturated heterocycles. The maximum Gasteiger partial charge on any atom is 0.229 e. The number of nitrogens with zero attached hydrogens (tertiary/aromatic N) is 4. The Balaban J connectivity index is 1.45. The van der Waals surface area contributed by atoms with Gasteiger partial charge in [-0.25, -0.2) is 9.37 Å². The number of benzene rings is 1. The summed E-state index contributed by atoms with van der Waals surface area (Å²) >= 11 is 0. The third-order valence-electron chi connectivity index (χ3n) is 6.69. The molecule has 1 aromatic carbocycles. The number of aromatic nitrogens is 2. The summed E-state index contributed by atoms with van der Waals surface area (Å²) in [6.07, 6.45) is 7.44. The molecule has 0 aliphatic carbocycles. The molecule has 3 heterocycles. The van der Waals surface area contributed by atoms with Crippen molar-refractivity contribution >= 4 is 5.91 Å². The van der Waals surface area contributed by atoms with E-state index >= 15 is 0 Å². The molecule has 0 saturated carbocycles. The minimum atomic E-state index is -0.236. The van der Waals surface area contributed by atoms with Crippen molar-refractivity contribution in [2.24, 2.45) is 18.4 Å². The molecule has 0 N–H and O–H groups in total. The van der Waals surface area contributed by atoms with E-state index in [0.717, 1.165) is 63.1 Å². The summed E-state index contributed by atoms with van der Waals surface area (Å²) in [6, 6.07) is 6.95. The molecule has 2 aliphatic rings. The maximum absolute atomic E-state index is 13.6. The van der Waals surface area contributed by atoms with Gasteiger partial charge in [-0.3, -0.25) is 9.69 Å². The topological polar surface area (TPSA) is 41.4 Å². The number of halogens is 1. The Morgan fingerprint density at radius 1 is 1.20 bits per heavy atom. The van der Waals surface area contributed by atoms with Gasteiger partial charge in [-0.1, -0.05) is 26.0 Å². The zero-order valence-electron chi connectivity index (χ0n) is 18.4. The summed E-state index contributed by atoms with van der Waals surface area (Å²) in [5.74, 6) is 0.557. The van der Waals surface area contributed by atoms with Gasteiger partial charge in [-0.2, -0.15) is 0 Å². The average molecular weight is 413 g/mol. The molecule has 1 aromatic heterocycles. The molecule has 162 valence electrons. The number of rotatable bonds is 6. The number of hydrogen-bond acceptors (Lipinski definition) is 3. The van der Waals surface area contributed by atoms with Crippen LogP contribution in [0.15, 0.2) is 36.8 Å². The molecule has 2 aromatic rings. The van der Waals surface area contributed by atoms with Crippen molar-refractivity contribution < 1.29 is 9.18 Å². The lowest BCUT2D eigenvalue weighted by Crippen LogP contribution is -2.45. The quantitative estimate of drug-likeness (QED) is 0.727. The van der Waals surface area contributed by atoms with Gasteiger partial charge >= 0.3 is 0 Å². The van der Waals surface area contributed by atoms with Crippen LogP contribution in [0.2, 0.25) is 0 Å². The minimum Gasteiger partial charge on any atom is -0.340 e. The third kappa shape index (κ3) is 4.43. The van der Waals surface area contributed by atoms with E-state index in [0.29, 0.717) is 11.8 Å². The monoisotopic (exact) mass is 412 g/mol. The molecule has 1 atom stereocenters. The molecule has 1 spiro atoms. The molecule has 2 fully saturated rings. The van der Waals surface area contributed by atoms with Crippen LogP contribution in [0.5, 0.6) is 0 Å². The highest BCUT2D eigenvalue weighted by molar-refractivity contribution is 5.85. The molecule has 4 rings (SSSR count). The fourth-order valence-corrected chi connectivity index (χ4v) is 5.15. The van der Waals surface area contributed by atoms with Crippen LogP contribution in [-0.4, -0.2) is 50.9 Å². The Bertz CT molecular complexity index is 868. The molecule has 2 aliphatic heterocycles. The largest absolute Gasteiger partial charge is 0.340 e. The second-order valence-corrected chi connectivity index (χ2v) is 9.63. The predicted octanol–water partition coefficient (Wildman–Crippen LogP) is 3.64. The summed E-state index contributed by atoms with van der Waals surface area (Å²) in [4.78, 5) is 22.6. The Morgan fingerprint density at radius 3 is 2.50 bits per heavy atom. The van der Waals surface area contributed by atoms with E-state index in [1.165, 1.54) is 12.1 Å². The summed E-state index contributed by atoms with van der Waals surface area (Å²) in [5.41, 5.74) is 1.95. The van der Waals surface area contributed by atoms with E-state index in [1.54, 1.807) is 0 Å². The Kier molecular flexibility index (Phi) is 5.96. The van der Waals surface area contributed by atoms with E-state index in [1.807, 2.05) is 30.1 Å². The van der Waals surface area contributed by atoms with Gasteiger partial charge in [0.2, 0.25) is 5.91 Å². The van der Waals surface area contributed by atoms with Gasteiger partial charge in [0.25, 0.3) is 0 Å². The van der Waals surface area contributed by atoms with Crippen LogP contribution in [0, 0.1) is 17.2 Å². The smallest absolute Gasteiger partial charge is 0.229 e. The molecular weight excluding hydrogens is 379 g/mol. The number of likely N-dealkylation sites (tertiary alicyclic amines) is 2. The van der Waals surface area contributed by atoms with Crippen LogP contribution in [0.4, 0.5) is 4.39 Å². The lowest BCUT2D eigenvalue weighted by Gasteiger charge is -2.37. The maximum atomic E-state index is 13.6. The van der Waals surface area contributed by atoms with Crippen molar-refractivity contribution in [3.8, 4) is 0 Å². The first kappa shape index (κ1) is 21.0. The first-order valence-corrected chi connectivity index (χ1v) is 11.1. The van der Waals surface area contributed by atoms with Crippen molar-refractivity contribution in [2.45, 2.75) is 52.1 Å². The van der Waals surface area contributed by atoms with Crippen LogP contribution in [0.25, 0.3) is 0 Å². The van der Waals surface area contributed by atoms with Crippen LogP contribution in [-0.2, 0) is 24.8 Å². The minimum absolute atomic E-state index is 0.202. The number of amides is 1. The van der Waals surface area contributed by atoms with Crippen molar-refractivity contribution in [1.29, 1.82) is 0 Å². The molecule has 0 radical (unpaired) electrons. The van der Waals surface area contributed by atoms with Crippen LogP contribution < -0.4 is 0 Å². The number of hydrogen-bond donors (Lipinski definition) is 0. The first-order chi connectivity index (χ1) is 14.3. The van der Waals surface area contributed by atoms with Gasteiger partial charge in [0.15, 0.2) is 0 Å². The van der Waals surface area contributed by atoms with Gasteiger partial charge in [-0.15, -0.1) is 0 Å². The number of carbonyl (C=O) groups excluding carboxylic acids is 1. The van der Waals surface area contributed by atoms with Gasteiger partial charge in [0, 0.05) is 32.4 Å². The number of aryl methyl sites for hydroxylation is 1. The Labute approximate surface area is 178 Å². The highest BCUT2D eigenvalue weighted by atomic mass is 19.1. The zero-order chi connectivity index (χ0) is 21.3. The van der Waals surface area contributed by atoms with Crippen molar-refractivity contribution in [2.75, 3.05) is 19.6 Å². The highest BCUT2D eigenvalue weighted by Crippen LogP contribution is 2.45. The van der Waals surface area contributed by atoms with E-state index < -0.39 is 0 Å². The van der Waals surface area contributed by atoms with Crippen LogP contribution >= 0.6 is 0 Å². The first-order valence-electron chi connectivity index (χ1n) is 11.1. The van der Waals surface area contributed by atoms with Gasteiger partial charge < -0.3 is 9.47 Å². The molecule has 1 amide bonds. The highest BCUT2D eigenvalue weighted by Gasteiger charge is 2.52. The lowest BCUT2D eigenvalue weighted by atomic mass is 9.75. The Hall–Kier alpha value is -2.21.